The molecule has 0 fully saturated rings. The monoisotopic (exact) mass is 800 g/mol. The Hall–Kier alpha value is -7.18. The molecule has 0 atom stereocenters. The van der Waals surface area contributed by atoms with E-state index in [-0.39, 0.29) is 0 Å². The lowest BCUT2D eigenvalue weighted by Crippen LogP contribution is -2.32. The lowest BCUT2D eigenvalue weighted by atomic mass is 9.66. The van der Waals surface area contributed by atoms with E-state index in [0.29, 0.717) is 0 Å². The predicted molar refractivity (Wildman–Crippen MR) is 249 cm³/mol. The Balaban J connectivity index is 0.916. The first kappa shape index (κ1) is 33.8. The molecule has 0 N–H and O–H groups in total. The molecule has 3 nitrogen and oxygen atoms in total. The molecule has 0 unspecified atom stereocenters. The number of hydrogen-bond acceptors (Lipinski definition) is 5. The molecular weight excluding hydrogens is 769 g/mol. The van der Waals surface area contributed by atoms with Gasteiger partial charge in [-0.15, -0.1) is 22.7 Å². The van der Waals surface area contributed by atoms with E-state index in [9.17, 15) is 0 Å². The van der Waals surface area contributed by atoms with Gasteiger partial charge in [-0.05, 0) is 128 Å². The van der Waals surface area contributed by atoms with Crippen molar-refractivity contribution in [1.29, 1.82) is 0 Å². The molecule has 1 aliphatic heterocycles. The molecule has 1 spiro atoms. The highest BCUT2D eigenvalue weighted by molar-refractivity contribution is 7.22. The van der Waals surface area contributed by atoms with Gasteiger partial charge in [0.15, 0.2) is 0 Å². The second-order valence-corrected chi connectivity index (χ2v) is 17.8. The number of fused-ring (bicyclic) bond motifs is 12. The largest absolute Gasteiger partial charge is 0.457 e. The normalized spacial score (nSPS) is 13.3. The Morgan fingerprint density at radius 3 is 1.43 bits per heavy atom. The summed E-state index contributed by atoms with van der Waals surface area (Å²) in [6, 6.07) is 70.4. The highest BCUT2D eigenvalue weighted by Gasteiger charge is 2.50. The molecule has 5 heteroatoms. The van der Waals surface area contributed by atoms with Crippen molar-refractivity contribution in [2.75, 3.05) is 0 Å². The number of nitrogens with zero attached hydrogens (tertiary/aromatic N) is 2. The van der Waals surface area contributed by atoms with Crippen LogP contribution in [0.4, 0.5) is 0 Å². The maximum atomic E-state index is 6.53. The SMILES string of the molecule is c1ccc2c(c1)Oc1ccccc1C21c2ccccc2-c2cc(-c3ccc4cc(-c5cc(-c6nc7ccccc7s6)cc(-c6nc7ccccc7s6)c5)ccc4c3)ccc21. The van der Waals surface area contributed by atoms with Crippen LogP contribution in [0.2, 0.25) is 0 Å². The molecule has 13 rings (SSSR count). The van der Waals surface area contributed by atoms with E-state index in [1.54, 1.807) is 22.7 Å². The van der Waals surface area contributed by atoms with Gasteiger partial charge in [0.1, 0.15) is 21.5 Å². The number of aromatic nitrogens is 2. The highest BCUT2D eigenvalue weighted by Crippen LogP contribution is 2.62. The van der Waals surface area contributed by atoms with Gasteiger partial charge in [-0.25, -0.2) is 9.97 Å². The van der Waals surface area contributed by atoms with Crippen LogP contribution in [-0.2, 0) is 5.41 Å². The van der Waals surface area contributed by atoms with E-state index in [1.807, 2.05) is 0 Å². The van der Waals surface area contributed by atoms with Crippen LogP contribution in [-0.4, -0.2) is 9.97 Å². The van der Waals surface area contributed by atoms with Crippen molar-refractivity contribution in [3.63, 3.8) is 0 Å². The number of benzene rings is 9. The van der Waals surface area contributed by atoms with Crippen LogP contribution in [0, 0.1) is 0 Å². The zero-order valence-corrected chi connectivity index (χ0v) is 33.7. The fraction of sp³-hybridized carbons (Fsp3) is 0.0182. The zero-order valence-electron chi connectivity index (χ0n) is 32.1. The van der Waals surface area contributed by atoms with Crippen molar-refractivity contribution < 1.29 is 4.74 Å². The van der Waals surface area contributed by atoms with E-state index in [2.05, 4.69) is 194 Å². The molecule has 9 aromatic carbocycles. The van der Waals surface area contributed by atoms with Gasteiger partial charge in [0.25, 0.3) is 0 Å². The van der Waals surface area contributed by atoms with Crippen molar-refractivity contribution in [2.45, 2.75) is 5.41 Å². The summed E-state index contributed by atoms with van der Waals surface area (Å²) in [5.41, 5.74) is 16.0. The molecule has 11 aromatic rings. The molecule has 0 radical (unpaired) electrons. The minimum Gasteiger partial charge on any atom is -0.457 e. The van der Waals surface area contributed by atoms with Crippen LogP contribution in [0.1, 0.15) is 22.3 Å². The fourth-order valence-electron chi connectivity index (χ4n) is 9.68. The van der Waals surface area contributed by atoms with Gasteiger partial charge in [-0.3, -0.25) is 0 Å². The number of para-hydroxylation sites is 4. The first-order valence-corrected chi connectivity index (χ1v) is 21.8. The van der Waals surface area contributed by atoms with E-state index in [1.165, 1.54) is 64.7 Å². The number of ether oxygens (including phenoxy) is 1. The van der Waals surface area contributed by atoms with Crippen LogP contribution in [0.5, 0.6) is 11.5 Å². The van der Waals surface area contributed by atoms with Crippen molar-refractivity contribution >= 4 is 53.9 Å². The topological polar surface area (TPSA) is 35.0 Å². The Kier molecular flexibility index (Phi) is 7.26. The first-order valence-electron chi connectivity index (χ1n) is 20.2. The number of rotatable bonds is 4. The van der Waals surface area contributed by atoms with Crippen molar-refractivity contribution in [1.82, 2.24) is 9.97 Å². The summed E-state index contributed by atoms with van der Waals surface area (Å²) < 4.78 is 8.91. The smallest absolute Gasteiger partial charge is 0.132 e. The predicted octanol–water partition coefficient (Wildman–Crippen LogP) is 15.2. The van der Waals surface area contributed by atoms with Crippen molar-refractivity contribution in [3.8, 4) is 66.0 Å². The second kappa shape index (κ2) is 12.9. The molecular formula is C55H32N2OS2. The molecule has 0 saturated carbocycles. The fourth-order valence-corrected chi connectivity index (χ4v) is 11.6. The third-order valence-corrected chi connectivity index (χ3v) is 14.5. The summed E-state index contributed by atoms with van der Waals surface area (Å²) >= 11 is 3.47. The Morgan fingerprint density at radius 1 is 0.350 bits per heavy atom. The molecule has 0 saturated heterocycles. The van der Waals surface area contributed by atoms with E-state index >= 15 is 0 Å². The van der Waals surface area contributed by atoms with Gasteiger partial charge in [0.2, 0.25) is 0 Å². The third-order valence-electron chi connectivity index (χ3n) is 12.4. The average Bonchev–Trinajstić information content (AvgIpc) is 4.02. The third kappa shape index (κ3) is 5.00. The summed E-state index contributed by atoms with van der Waals surface area (Å²) in [5.74, 6) is 1.82. The van der Waals surface area contributed by atoms with Gasteiger partial charge < -0.3 is 4.74 Å². The molecule has 0 bridgehead atoms. The van der Waals surface area contributed by atoms with Crippen molar-refractivity contribution in [3.05, 3.63) is 216 Å². The van der Waals surface area contributed by atoms with E-state index in [4.69, 9.17) is 14.7 Å². The maximum Gasteiger partial charge on any atom is 0.132 e. The van der Waals surface area contributed by atoms with Crippen LogP contribution in [0.25, 0.3) is 85.7 Å². The van der Waals surface area contributed by atoms with Gasteiger partial charge in [-0.2, -0.15) is 0 Å². The Bertz CT molecular complexity index is 3360. The number of hydrogen-bond donors (Lipinski definition) is 0. The minimum absolute atomic E-state index is 0.465. The summed E-state index contributed by atoms with van der Waals surface area (Å²) in [4.78, 5) is 10.1. The van der Waals surface area contributed by atoms with Crippen LogP contribution in [0.15, 0.2) is 194 Å². The lowest BCUT2D eigenvalue weighted by Gasteiger charge is -2.39. The minimum atomic E-state index is -0.465. The molecule has 280 valence electrons. The van der Waals surface area contributed by atoms with Gasteiger partial charge >= 0.3 is 0 Å². The van der Waals surface area contributed by atoms with E-state index in [0.717, 1.165) is 54.8 Å². The Labute approximate surface area is 354 Å². The summed E-state index contributed by atoms with van der Waals surface area (Å²) in [7, 11) is 0. The zero-order chi connectivity index (χ0) is 39.4. The van der Waals surface area contributed by atoms with Crippen LogP contribution >= 0.6 is 22.7 Å². The average molecular weight is 801 g/mol. The van der Waals surface area contributed by atoms with Gasteiger partial charge in [-0.1, -0.05) is 121 Å². The summed E-state index contributed by atoms with van der Waals surface area (Å²) in [6.07, 6.45) is 0. The maximum absolute atomic E-state index is 6.53. The summed E-state index contributed by atoms with van der Waals surface area (Å²) in [5, 5.41) is 4.43. The van der Waals surface area contributed by atoms with E-state index < -0.39 is 5.41 Å². The van der Waals surface area contributed by atoms with Crippen molar-refractivity contribution in [2.24, 2.45) is 0 Å². The standard InChI is InChI=1S/C55H32N2OS2/c1-2-12-43-41(11-1)42-32-37(25-26-44(42)55(43)45-13-3-7-17-49(45)58-50-18-8-4-14-46(50)55)35-22-21-34-28-36(24-23-33(34)27-35)38-29-39(53-56-47-15-5-9-19-51(47)59-53)31-40(30-38)54-57-48-16-6-10-20-52(48)60-54/h1-32H. The van der Waals surface area contributed by atoms with Crippen LogP contribution < -0.4 is 4.74 Å². The molecule has 3 heterocycles. The Morgan fingerprint density at radius 2 is 0.817 bits per heavy atom. The number of thiazole rings is 2. The quantitative estimate of drug-likeness (QED) is 0.178. The highest BCUT2D eigenvalue weighted by atomic mass is 32.1. The summed E-state index contributed by atoms with van der Waals surface area (Å²) in [6.45, 7) is 0. The molecule has 2 aliphatic rings. The second-order valence-electron chi connectivity index (χ2n) is 15.7. The molecule has 2 aromatic heterocycles. The van der Waals surface area contributed by atoms with Gasteiger partial charge in [0, 0.05) is 22.3 Å². The van der Waals surface area contributed by atoms with Crippen LogP contribution in [0.3, 0.4) is 0 Å². The molecule has 60 heavy (non-hydrogen) atoms. The molecule has 1 aliphatic carbocycles. The lowest BCUT2D eigenvalue weighted by molar-refractivity contribution is 0.436. The first-order chi connectivity index (χ1) is 29.7. The molecule has 0 amide bonds. The van der Waals surface area contributed by atoms with Gasteiger partial charge in [0.05, 0.1) is 25.8 Å².